The first-order chi connectivity index (χ1) is 10.3. The number of rotatable bonds is 4. The van der Waals surface area contributed by atoms with Gasteiger partial charge >= 0.3 is 0 Å². The van der Waals surface area contributed by atoms with Crippen LogP contribution in [0.5, 0.6) is 0 Å². The second-order valence-corrected chi connectivity index (χ2v) is 4.59. The Morgan fingerprint density at radius 1 is 1.14 bits per heavy atom. The van der Waals surface area contributed by atoms with E-state index in [4.69, 9.17) is 0 Å². The molecule has 2 heterocycles. The Kier molecular flexibility index (Phi) is 3.73. The minimum Gasteiger partial charge on any atom is -0.324 e. The predicted molar refractivity (Wildman–Crippen MR) is 80.1 cm³/mol. The maximum absolute atomic E-state index is 11.9. The fourth-order valence-corrected chi connectivity index (χ4v) is 1.99. The van der Waals surface area contributed by atoms with Crippen molar-refractivity contribution in [3.05, 3.63) is 72.9 Å². The Hall–Kier alpha value is -2.95. The number of anilines is 1. The summed E-state index contributed by atoms with van der Waals surface area (Å²) >= 11 is 0. The molecule has 1 N–H and O–H groups in total. The van der Waals surface area contributed by atoms with Crippen LogP contribution in [0.4, 0.5) is 5.69 Å². The van der Waals surface area contributed by atoms with Crippen molar-refractivity contribution >= 4 is 11.6 Å². The van der Waals surface area contributed by atoms with Crippen LogP contribution < -0.4 is 5.32 Å². The molecule has 21 heavy (non-hydrogen) atoms. The van der Waals surface area contributed by atoms with Gasteiger partial charge < -0.3 is 5.32 Å². The van der Waals surface area contributed by atoms with Gasteiger partial charge in [-0.1, -0.05) is 30.3 Å². The molecule has 0 aliphatic carbocycles. The summed E-state index contributed by atoms with van der Waals surface area (Å²) in [6, 6.07) is 13.3. The second-order valence-electron chi connectivity index (χ2n) is 4.59. The van der Waals surface area contributed by atoms with Crippen LogP contribution in [0.3, 0.4) is 0 Å². The minimum atomic E-state index is -0.0571. The summed E-state index contributed by atoms with van der Waals surface area (Å²) in [5.41, 5.74) is 1.66. The molecule has 0 saturated heterocycles. The number of imidazole rings is 1. The van der Waals surface area contributed by atoms with Crippen molar-refractivity contribution in [1.82, 2.24) is 14.5 Å². The van der Waals surface area contributed by atoms with Gasteiger partial charge in [-0.25, -0.2) is 9.97 Å². The molecule has 3 aromatic rings. The third-order valence-electron chi connectivity index (χ3n) is 3.01. The number of nitrogens with zero attached hydrogens (tertiary/aromatic N) is 3. The summed E-state index contributed by atoms with van der Waals surface area (Å²) in [7, 11) is 0. The van der Waals surface area contributed by atoms with E-state index in [0.29, 0.717) is 12.1 Å². The highest BCUT2D eigenvalue weighted by molar-refractivity contribution is 5.92. The van der Waals surface area contributed by atoms with Gasteiger partial charge in [-0.2, -0.15) is 0 Å². The lowest BCUT2D eigenvalue weighted by Gasteiger charge is -2.06. The van der Waals surface area contributed by atoms with Gasteiger partial charge in [0.15, 0.2) is 0 Å². The number of hydrogen-bond donors (Lipinski definition) is 1. The van der Waals surface area contributed by atoms with Gasteiger partial charge in [0.05, 0.1) is 18.3 Å². The molecule has 5 nitrogen and oxygen atoms in total. The van der Waals surface area contributed by atoms with E-state index in [0.717, 1.165) is 11.4 Å². The standard InChI is InChI=1S/C16H14N4O/c21-16(10-13-4-2-1-3-5-13)19-14-6-7-15(18-11-14)20-9-8-17-12-20/h1-9,11-12H,10H2,(H,19,21). The Morgan fingerprint density at radius 3 is 2.67 bits per heavy atom. The van der Waals surface area contributed by atoms with Crippen molar-refractivity contribution in [2.45, 2.75) is 6.42 Å². The van der Waals surface area contributed by atoms with Crippen LogP contribution in [0.15, 0.2) is 67.4 Å². The first-order valence-electron chi connectivity index (χ1n) is 6.59. The van der Waals surface area contributed by atoms with Crippen molar-refractivity contribution in [3.8, 4) is 5.82 Å². The number of carbonyl (C=O) groups is 1. The molecule has 0 radical (unpaired) electrons. The SMILES string of the molecule is O=C(Cc1ccccc1)Nc1ccc(-n2ccnc2)nc1. The van der Waals surface area contributed by atoms with Crippen LogP contribution in [0.2, 0.25) is 0 Å². The fourth-order valence-electron chi connectivity index (χ4n) is 1.99. The van der Waals surface area contributed by atoms with Crippen LogP contribution in [-0.2, 0) is 11.2 Å². The van der Waals surface area contributed by atoms with Crippen molar-refractivity contribution < 1.29 is 4.79 Å². The normalized spacial score (nSPS) is 10.3. The summed E-state index contributed by atoms with van der Waals surface area (Å²) in [6.07, 6.45) is 7.17. The zero-order chi connectivity index (χ0) is 14.5. The fraction of sp³-hybridized carbons (Fsp3) is 0.0625. The van der Waals surface area contributed by atoms with E-state index in [2.05, 4.69) is 15.3 Å². The average molecular weight is 278 g/mol. The Balaban J connectivity index is 1.64. The molecule has 5 heteroatoms. The van der Waals surface area contributed by atoms with E-state index in [1.807, 2.05) is 48.7 Å². The van der Waals surface area contributed by atoms with E-state index in [-0.39, 0.29) is 5.91 Å². The van der Waals surface area contributed by atoms with Gasteiger partial charge in [0.25, 0.3) is 0 Å². The molecule has 0 aliphatic rings. The highest BCUT2D eigenvalue weighted by atomic mass is 16.1. The summed E-state index contributed by atoms with van der Waals surface area (Å²) in [5, 5.41) is 2.84. The summed E-state index contributed by atoms with van der Waals surface area (Å²) in [4.78, 5) is 20.2. The first kappa shape index (κ1) is 13.1. The number of nitrogens with one attached hydrogen (secondary N) is 1. The van der Waals surface area contributed by atoms with Crippen LogP contribution in [-0.4, -0.2) is 20.4 Å². The molecule has 2 aromatic heterocycles. The van der Waals surface area contributed by atoms with Gasteiger partial charge in [0, 0.05) is 12.4 Å². The van der Waals surface area contributed by atoms with Crippen molar-refractivity contribution in [2.75, 3.05) is 5.32 Å². The van der Waals surface area contributed by atoms with Crippen LogP contribution >= 0.6 is 0 Å². The van der Waals surface area contributed by atoms with E-state index in [9.17, 15) is 4.79 Å². The Labute approximate surface area is 122 Å². The quantitative estimate of drug-likeness (QED) is 0.797. The molecule has 104 valence electrons. The molecule has 0 spiro atoms. The van der Waals surface area contributed by atoms with E-state index >= 15 is 0 Å². The zero-order valence-corrected chi connectivity index (χ0v) is 11.3. The van der Waals surface area contributed by atoms with Crippen LogP contribution in [0, 0.1) is 0 Å². The molecular weight excluding hydrogens is 264 g/mol. The maximum Gasteiger partial charge on any atom is 0.228 e. The number of hydrogen-bond acceptors (Lipinski definition) is 3. The lowest BCUT2D eigenvalue weighted by atomic mass is 10.1. The third kappa shape index (κ3) is 3.33. The highest BCUT2D eigenvalue weighted by Gasteiger charge is 2.04. The van der Waals surface area contributed by atoms with Gasteiger partial charge in [0.2, 0.25) is 5.91 Å². The monoisotopic (exact) mass is 278 g/mol. The van der Waals surface area contributed by atoms with Crippen LogP contribution in [0.25, 0.3) is 5.82 Å². The number of benzene rings is 1. The van der Waals surface area contributed by atoms with Gasteiger partial charge in [-0.15, -0.1) is 0 Å². The summed E-state index contributed by atoms with van der Waals surface area (Å²) < 4.78 is 1.80. The Bertz CT molecular complexity index is 706. The van der Waals surface area contributed by atoms with E-state index in [1.54, 1.807) is 23.3 Å². The third-order valence-corrected chi connectivity index (χ3v) is 3.01. The molecule has 0 aliphatic heterocycles. The first-order valence-corrected chi connectivity index (χ1v) is 6.59. The molecule has 3 rings (SSSR count). The molecule has 0 unspecified atom stereocenters. The number of amides is 1. The smallest absolute Gasteiger partial charge is 0.228 e. The zero-order valence-electron chi connectivity index (χ0n) is 11.3. The highest BCUT2D eigenvalue weighted by Crippen LogP contribution is 2.10. The molecule has 0 atom stereocenters. The number of pyridine rings is 1. The minimum absolute atomic E-state index is 0.0571. The molecule has 0 fully saturated rings. The molecular formula is C16H14N4O. The number of aromatic nitrogens is 3. The van der Waals surface area contributed by atoms with E-state index < -0.39 is 0 Å². The topological polar surface area (TPSA) is 59.8 Å². The Morgan fingerprint density at radius 2 is 2.00 bits per heavy atom. The average Bonchev–Trinajstić information content (AvgIpc) is 3.03. The second kappa shape index (κ2) is 6.00. The molecule has 1 aromatic carbocycles. The van der Waals surface area contributed by atoms with E-state index in [1.165, 1.54) is 0 Å². The lowest BCUT2D eigenvalue weighted by molar-refractivity contribution is -0.115. The predicted octanol–water partition coefficient (Wildman–Crippen LogP) is 2.45. The lowest BCUT2D eigenvalue weighted by Crippen LogP contribution is -2.14. The van der Waals surface area contributed by atoms with Gasteiger partial charge in [-0.05, 0) is 17.7 Å². The maximum atomic E-state index is 11.9. The molecule has 0 bridgehead atoms. The summed E-state index contributed by atoms with van der Waals surface area (Å²) in [5.74, 6) is 0.701. The van der Waals surface area contributed by atoms with Gasteiger partial charge in [-0.3, -0.25) is 9.36 Å². The summed E-state index contributed by atoms with van der Waals surface area (Å²) in [6.45, 7) is 0. The van der Waals surface area contributed by atoms with Gasteiger partial charge in [0.1, 0.15) is 12.1 Å². The van der Waals surface area contributed by atoms with Crippen molar-refractivity contribution in [1.29, 1.82) is 0 Å². The van der Waals surface area contributed by atoms with Crippen LogP contribution in [0.1, 0.15) is 5.56 Å². The van der Waals surface area contributed by atoms with Crippen molar-refractivity contribution in [2.24, 2.45) is 0 Å². The van der Waals surface area contributed by atoms with Crippen molar-refractivity contribution in [3.63, 3.8) is 0 Å². The number of carbonyl (C=O) groups excluding carboxylic acids is 1. The largest absolute Gasteiger partial charge is 0.324 e. The molecule has 0 saturated carbocycles. The molecule has 1 amide bonds.